The first-order chi connectivity index (χ1) is 5.17. The monoisotopic (exact) mass is 180 g/mol. The molecule has 0 aliphatic rings. The van der Waals surface area contributed by atoms with E-state index in [1.807, 2.05) is 36.9 Å². The summed E-state index contributed by atoms with van der Waals surface area (Å²) in [5.74, 6) is 0. The molecule has 1 unspecified atom stereocenters. The third kappa shape index (κ3) is 1.86. The van der Waals surface area contributed by atoms with Gasteiger partial charge in [0.2, 0.25) is 0 Å². The van der Waals surface area contributed by atoms with Crippen LogP contribution in [0.1, 0.15) is 0 Å². The summed E-state index contributed by atoms with van der Waals surface area (Å²) < 4.78 is 0. The minimum Gasteiger partial charge on any atom is -0.144 e. The van der Waals surface area contributed by atoms with Crippen LogP contribution >= 0.6 is 11.1 Å². The van der Waals surface area contributed by atoms with Crippen LogP contribution in [0.3, 0.4) is 0 Å². The number of benzene rings is 1. The molecule has 0 amide bonds. The maximum atomic E-state index is 6.15. The largest absolute Gasteiger partial charge is 0.260 e. The summed E-state index contributed by atoms with van der Waals surface area (Å²) in [4.78, 5) is 0. The standard InChI is InChI=1S/C9H9ClSi/c1-3-11(2,10)9-7-5-4-6-8-9/h1,4-8H,2H3. The van der Waals surface area contributed by atoms with Gasteiger partial charge in [0.05, 0.1) is 0 Å². The Labute approximate surface area is 72.9 Å². The van der Waals surface area contributed by atoms with Gasteiger partial charge in [0.1, 0.15) is 0 Å². The maximum absolute atomic E-state index is 6.15. The van der Waals surface area contributed by atoms with Gasteiger partial charge in [-0.05, 0) is 11.7 Å². The molecule has 0 aromatic heterocycles. The first kappa shape index (κ1) is 8.38. The number of rotatable bonds is 1. The average Bonchev–Trinajstić information content (AvgIpc) is 2.06. The molecule has 2 heteroatoms. The van der Waals surface area contributed by atoms with Gasteiger partial charge in [-0.3, -0.25) is 0 Å². The van der Waals surface area contributed by atoms with E-state index in [0.29, 0.717) is 0 Å². The molecular formula is C9H9ClSi. The first-order valence-corrected chi connectivity index (χ1v) is 6.90. The quantitative estimate of drug-likeness (QED) is 0.352. The topological polar surface area (TPSA) is 0 Å². The SMILES string of the molecule is C#C[Si](C)(Cl)c1ccccc1. The number of hydrogen-bond acceptors (Lipinski definition) is 0. The van der Waals surface area contributed by atoms with Crippen LogP contribution in [0.25, 0.3) is 0 Å². The maximum Gasteiger partial charge on any atom is 0.260 e. The fraction of sp³-hybridized carbons (Fsp3) is 0.111. The van der Waals surface area contributed by atoms with Crippen molar-refractivity contribution in [2.45, 2.75) is 6.55 Å². The zero-order valence-corrected chi connectivity index (χ0v) is 8.10. The molecule has 11 heavy (non-hydrogen) atoms. The summed E-state index contributed by atoms with van der Waals surface area (Å²) in [5, 5.41) is 1.10. The minimum absolute atomic E-state index is 1.10. The lowest BCUT2D eigenvalue weighted by molar-refractivity contribution is 1.75. The lowest BCUT2D eigenvalue weighted by Crippen LogP contribution is -2.37. The van der Waals surface area contributed by atoms with Gasteiger partial charge in [0, 0.05) is 0 Å². The van der Waals surface area contributed by atoms with Gasteiger partial charge in [-0.15, -0.1) is 23.0 Å². The van der Waals surface area contributed by atoms with Gasteiger partial charge >= 0.3 is 0 Å². The van der Waals surface area contributed by atoms with Gasteiger partial charge in [-0.25, -0.2) is 0 Å². The lowest BCUT2D eigenvalue weighted by Gasteiger charge is -2.10. The van der Waals surface area contributed by atoms with Gasteiger partial charge in [-0.1, -0.05) is 30.3 Å². The molecule has 1 aromatic carbocycles. The number of halogens is 1. The Morgan fingerprint density at radius 3 is 2.36 bits per heavy atom. The summed E-state index contributed by atoms with van der Waals surface area (Å²) >= 11 is 6.15. The van der Waals surface area contributed by atoms with Crippen molar-refractivity contribution in [2.75, 3.05) is 0 Å². The zero-order valence-electron chi connectivity index (χ0n) is 6.34. The van der Waals surface area contributed by atoms with E-state index in [1.165, 1.54) is 0 Å². The first-order valence-electron chi connectivity index (χ1n) is 3.39. The zero-order chi connectivity index (χ0) is 8.32. The van der Waals surface area contributed by atoms with Gasteiger partial charge in [0.15, 0.2) is 0 Å². The number of terminal acetylenes is 1. The van der Waals surface area contributed by atoms with Crippen molar-refractivity contribution in [1.29, 1.82) is 0 Å². The Morgan fingerprint density at radius 1 is 1.36 bits per heavy atom. The predicted molar refractivity (Wildman–Crippen MR) is 52.4 cm³/mol. The van der Waals surface area contributed by atoms with E-state index >= 15 is 0 Å². The van der Waals surface area contributed by atoms with E-state index in [9.17, 15) is 0 Å². The molecule has 0 spiro atoms. The molecule has 0 N–H and O–H groups in total. The summed E-state index contributed by atoms with van der Waals surface area (Å²) in [6.07, 6.45) is 5.32. The molecule has 0 aliphatic carbocycles. The Kier molecular flexibility index (Phi) is 2.38. The van der Waals surface area contributed by atoms with Gasteiger partial charge in [-0.2, -0.15) is 0 Å². The molecule has 0 saturated heterocycles. The second kappa shape index (κ2) is 3.12. The molecule has 0 saturated carbocycles. The van der Waals surface area contributed by atoms with E-state index in [2.05, 4.69) is 5.54 Å². The molecule has 0 bridgehead atoms. The van der Waals surface area contributed by atoms with E-state index in [1.54, 1.807) is 0 Å². The Bertz CT molecular complexity index is 271. The van der Waals surface area contributed by atoms with Crippen LogP contribution in [-0.2, 0) is 0 Å². The molecule has 0 fully saturated rings. The average molecular weight is 181 g/mol. The smallest absolute Gasteiger partial charge is 0.144 e. The van der Waals surface area contributed by atoms with Crippen molar-refractivity contribution < 1.29 is 0 Å². The van der Waals surface area contributed by atoms with Crippen LogP contribution in [0.15, 0.2) is 30.3 Å². The minimum atomic E-state index is -2.05. The fourth-order valence-corrected chi connectivity index (χ4v) is 2.20. The Hall–Kier alpha value is -0.713. The van der Waals surface area contributed by atoms with E-state index in [4.69, 9.17) is 17.5 Å². The van der Waals surface area contributed by atoms with E-state index in [0.717, 1.165) is 5.19 Å². The highest BCUT2D eigenvalue weighted by atomic mass is 35.6. The normalized spacial score (nSPS) is 15.0. The van der Waals surface area contributed by atoms with E-state index in [-0.39, 0.29) is 0 Å². The summed E-state index contributed by atoms with van der Waals surface area (Å²) in [7, 11) is -2.05. The summed E-state index contributed by atoms with van der Waals surface area (Å²) in [6.45, 7) is 1.95. The summed E-state index contributed by atoms with van der Waals surface area (Å²) in [5.41, 5.74) is 2.66. The van der Waals surface area contributed by atoms with Crippen molar-refractivity contribution in [3.8, 4) is 12.0 Å². The van der Waals surface area contributed by atoms with Crippen molar-refractivity contribution in [3.05, 3.63) is 30.3 Å². The fourth-order valence-electron chi connectivity index (χ4n) is 0.834. The van der Waals surface area contributed by atoms with Crippen LogP contribution in [0, 0.1) is 12.0 Å². The molecule has 0 radical (unpaired) electrons. The Balaban J connectivity index is 3.05. The van der Waals surface area contributed by atoms with Crippen LogP contribution in [0.5, 0.6) is 0 Å². The third-order valence-electron chi connectivity index (χ3n) is 1.59. The second-order valence-electron chi connectivity index (χ2n) is 2.51. The van der Waals surface area contributed by atoms with Crippen LogP contribution in [0.2, 0.25) is 6.55 Å². The molecular weight excluding hydrogens is 172 g/mol. The van der Waals surface area contributed by atoms with Crippen molar-refractivity contribution in [1.82, 2.24) is 0 Å². The second-order valence-corrected chi connectivity index (χ2v) is 7.65. The molecule has 56 valence electrons. The highest BCUT2D eigenvalue weighted by Crippen LogP contribution is 2.06. The van der Waals surface area contributed by atoms with Crippen LogP contribution < -0.4 is 5.19 Å². The van der Waals surface area contributed by atoms with Gasteiger partial charge < -0.3 is 0 Å². The highest BCUT2D eigenvalue weighted by molar-refractivity contribution is 7.31. The van der Waals surface area contributed by atoms with Crippen LogP contribution in [-0.4, -0.2) is 7.38 Å². The van der Waals surface area contributed by atoms with Crippen LogP contribution in [0.4, 0.5) is 0 Å². The van der Waals surface area contributed by atoms with Crippen molar-refractivity contribution in [2.24, 2.45) is 0 Å². The molecule has 0 aliphatic heterocycles. The molecule has 0 nitrogen and oxygen atoms in total. The van der Waals surface area contributed by atoms with E-state index < -0.39 is 7.38 Å². The lowest BCUT2D eigenvalue weighted by atomic mass is 10.4. The molecule has 1 atom stereocenters. The predicted octanol–water partition coefficient (Wildman–Crippen LogP) is 1.88. The molecule has 0 heterocycles. The summed E-state index contributed by atoms with van der Waals surface area (Å²) in [6, 6.07) is 9.85. The number of hydrogen-bond donors (Lipinski definition) is 0. The van der Waals surface area contributed by atoms with Crippen molar-refractivity contribution >= 4 is 23.6 Å². The Morgan fingerprint density at radius 2 is 1.91 bits per heavy atom. The highest BCUT2D eigenvalue weighted by Gasteiger charge is 2.23. The molecule has 1 aromatic rings. The van der Waals surface area contributed by atoms with Gasteiger partial charge in [0.25, 0.3) is 7.38 Å². The molecule has 1 rings (SSSR count). The van der Waals surface area contributed by atoms with Crippen molar-refractivity contribution in [3.63, 3.8) is 0 Å². The third-order valence-corrected chi connectivity index (χ3v) is 4.53.